The van der Waals surface area contributed by atoms with Crippen LogP contribution in [0, 0.1) is 28.4 Å². The Morgan fingerprint density at radius 1 is 0.333 bits per heavy atom. The second kappa shape index (κ2) is 47.3. The second-order valence-corrected chi connectivity index (χ2v) is 10.2. The molecule has 0 saturated heterocycles. The minimum atomic E-state index is -0.715. The van der Waals surface area contributed by atoms with Crippen LogP contribution in [0.1, 0.15) is 19.3 Å². The Labute approximate surface area is 291 Å². The summed E-state index contributed by atoms with van der Waals surface area (Å²) in [5.74, 6) is 0. The van der Waals surface area contributed by atoms with E-state index in [9.17, 15) is 30.6 Å². The van der Waals surface area contributed by atoms with Gasteiger partial charge in [0.05, 0.1) is 90.5 Å². The van der Waals surface area contributed by atoms with E-state index in [-0.39, 0.29) is 92.5 Å². The zero-order valence-electron chi connectivity index (χ0n) is 30.2. The van der Waals surface area contributed by atoms with Crippen LogP contribution in [0.25, 0.3) is 0 Å². The van der Waals surface area contributed by atoms with Gasteiger partial charge in [0.1, 0.15) is 12.2 Å². The number of hydrogen-bond donors (Lipinski definition) is 8. The van der Waals surface area contributed by atoms with Crippen molar-refractivity contribution in [3.63, 3.8) is 0 Å². The molecule has 0 aliphatic heterocycles. The normalized spacial score (nSPS) is 14.4. The molecule has 0 aromatic rings. The predicted molar refractivity (Wildman–Crippen MR) is 174 cm³/mol. The van der Waals surface area contributed by atoms with E-state index in [1.165, 1.54) is 0 Å². The molecular weight excluding hydrogens is 1190 g/mol. The van der Waals surface area contributed by atoms with Gasteiger partial charge in [0.2, 0.25) is 0 Å². The molecule has 8 N–H and O–H groups in total. The van der Waals surface area contributed by atoms with Crippen molar-refractivity contribution in [2.75, 3.05) is 119 Å². The molecule has 0 heterocycles. The molecule has 0 saturated carbocycles. The maximum atomic E-state index is 9.32. The third-order valence-electron chi connectivity index (χ3n) is 5.34. The first-order chi connectivity index (χ1) is 23.6. The molecule has 6 atom stereocenters. The molecule has 0 bridgehead atoms. The van der Waals surface area contributed by atoms with Crippen molar-refractivity contribution < 1.29 is 88.2 Å². The van der Waals surface area contributed by atoms with E-state index in [1.54, 1.807) is 0 Å². The summed E-state index contributed by atoms with van der Waals surface area (Å²) in [6, 6.07) is 0. The van der Waals surface area contributed by atoms with E-state index in [1.807, 2.05) is 0 Å². The van der Waals surface area contributed by atoms with Crippen LogP contribution >= 0.6 is 0 Å². The molecule has 0 amide bonds. The maximum absolute atomic E-state index is 9.32. The molecule has 6 unspecified atom stereocenters. The maximum Gasteiger partial charge on any atom is 0.101 e. The van der Waals surface area contributed by atoms with E-state index in [4.69, 9.17) is 38.6 Å². The molecule has 51 heavy (non-hydrogen) atoms. The van der Waals surface area contributed by atoms with Crippen LogP contribution in [0.5, 0.6) is 0 Å². The molecule has 20 heteroatoms. The second-order valence-electron chi connectivity index (χ2n) is 10.2. The summed E-state index contributed by atoms with van der Waals surface area (Å²) in [6.07, 6.45) is -2.37. The summed E-state index contributed by atoms with van der Waals surface area (Å²) >= 11 is 0. The van der Waals surface area contributed by atoms with Gasteiger partial charge in [-0.25, -0.2) is 28.4 Å². The van der Waals surface area contributed by atoms with E-state index >= 15 is 0 Å². The number of hydrogen-bond acceptors (Lipinski definition) is 18. The van der Waals surface area contributed by atoms with Gasteiger partial charge in [-0.1, -0.05) is 0 Å². The molecule has 0 rings (SSSR count). The first-order valence-electron chi connectivity index (χ1n) is 15.9. The van der Waals surface area contributed by atoms with Crippen molar-refractivity contribution in [1.29, 1.82) is 0 Å². The van der Waals surface area contributed by atoms with E-state index < -0.39 is 36.6 Å². The summed E-state index contributed by atoms with van der Waals surface area (Å²) in [6.45, 7) is 3.56. The summed E-state index contributed by atoms with van der Waals surface area (Å²) < 4.78 is 48.4. The van der Waals surface area contributed by atoms with Gasteiger partial charge in [0, 0.05) is 52.9 Å². The van der Waals surface area contributed by atoms with Crippen LogP contribution in [0.4, 0.5) is 0 Å². The Balaban J connectivity index is -0.000000204. The third-order valence-corrected chi connectivity index (χ3v) is 5.34. The molecule has 0 radical (unpaired) electrons. The van der Waals surface area contributed by atoms with Gasteiger partial charge in [0.15, 0.2) is 0 Å². The van der Waals surface area contributed by atoms with Crippen LogP contribution in [-0.4, -0.2) is 196 Å². The van der Waals surface area contributed by atoms with Crippen LogP contribution in [0.15, 0.2) is 0 Å². The molecular formula is C31H64O18Rf2-4. The minimum Gasteiger partial charge on any atom is -0.553 e. The molecule has 304 valence electrons. The van der Waals surface area contributed by atoms with Gasteiger partial charge in [-0.05, 0) is 19.3 Å². The van der Waals surface area contributed by atoms with E-state index in [0.717, 1.165) is 0 Å². The Hall–Kier alpha value is -2.72. The summed E-state index contributed by atoms with van der Waals surface area (Å²) in [5, 5.41) is 72.4. The van der Waals surface area contributed by atoms with Gasteiger partial charge < -0.3 is 88.2 Å². The average molecular weight is 1260 g/mol. The Morgan fingerprint density at radius 3 is 0.843 bits per heavy atom. The first-order valence-corrected chi connectivity index (χ1v) is 15.9. The Morgan fingerprint density at radius 2 is 0.569 bits per heavy atom. The zero-order valence-corrected chi connectivity index (χ0v) is 43.0. The number of ether oxygens (including phenoxy) is 10. The number of aliphatic hydroxyl groups is 8. The van der Waals surface area contributed by atoms with Gasteiger partial charge in [-0.15, -0.1) is 0 Å². The summed E-state index contributed by atoms with van der Waals surface area (Å²) in [7, 11) is 12.6. The van der Waals surface area contributed by atoms with Crippen molar-refractivity contribution in [3.8, 4) is 0 Å². The van der Waals surface area contributed by atoms with Gasteiger partial charge in [-0.2, -0.15) is 0 Å². The van der Waals surface area contributed by atoms with Crippen LogP contribution in [-0.2, 0) is 47.4 Å². The SMILES string of the molecule is [CH2-]OCC(O)CCOCC(O)COCCO.[CH2-]OCC(O)CCOCC(O)COCCO.[CH2-]OCC(O)COCCCOCC(O)CO[CH2-].[Rf].[Rf]. The van der Waals surface area contributed by atoms with Crippen molar-refractivity contribution in [2.24, 2.45) is 0 Å². The van der Waals surface area contributed by atoms with Gasteiger partial charge in [0.25, 0.3) is 0 Å². The van der Waals surface area contributed by atoms with Crippen molar-refractivity contribution in [3.05, 3.63) is 28.4 Å². The Bertz CT molecular complexity index is 561. The van der Waals surface area contributed by atoms with Crippen molar-refractivity contribution in [1.82, 2.24) is 0 Å². The fourth-order valence-electron chi connectivity index (χ4n) is 3.05. The standard InChI is InChI=1S/C11H22O6.2C10H21O6.2Rf/c1-14-6-10(12)8-16-4-3-5-17-9-11(13)7-15-2;2*1-14-6-9(12)2-4-15-7-10(13)8-16-5-3-11;;/h10-13H,1-9H2;2*9-13H,1-8H2;;/q-2;2*-1;;. The molecule has 0 spiro atoms. The fraction of sp³-hybridized carbons (Fsp3) is 0.871. The van der Waals surface area contributed by atoms with Crippen LogP contribution < -0.4 is 0 Å². The minimum absolute atomic E-state index is 0. The molecule has 0 aromatic heterocycles. The third kappa shape index (κ3) is 51.8. The molecule has 0 aliphatic rings. The summed E-state index contributed by atoms with van der Waals surface area (Å²) in [4.78, 5) is 0. The van der Waals surface area contributed by atoms with Gasteiger partial charge in [-0.3, -0.25) is 0 Å². The van der Waals surface area contributed by atoms with E-state index in [2.05, 4.69) is 47.4 Å². The smallest absolute Gasteiger partial charge is 0.101 e. The predicted octanol–water partition coefficient (Wildman–Crippen LogP) is -2.39. The number of rotatable bonds is 34. The zero-order chi connectivity index (χ0) is 37.4. The van der Waals surface area contributed by atoms with Crippen molar-refractivity contribution >= 4 is 0 Å². The quantitative estimate of drug-likeness (QED) is 0.0247. The van der Waals surface area contributed by atoms with Crippen LogP contribution in [0.3, 0.4) is 0 Å². The van der Waals surface area contributed by atoms with Crippen LogP contribution in [0.2, 0.25) is 0 Å². The fourth-order valence-corrected chi connectivity index (χ4v) is 3.05. The van der Waals surface area contributed by atoms with E-state index in [0.29, 0.717) is 45.7 Å². The first kappa shape index (κ1) is 57.6. The van der Waals surface area contributed by atoms with Gasteiger partial charge >= 0.3 is 0 Å². The average Bonchev–Trinajstić information content (AvgIpc) is 3.06. The molecule has 18 nitrogen and oxygen atoms in total. The topological polar surface area (TPSA) is 254 Å². The largest absolute Gasteiger partial charge is 0.553 e. The molecule has 0 aliphatic carbocycles. The monoisotopic (exact) mass is 1260 g/mol. The molecule has 0 aromatic carbocycles. The summed E-state index contributed by atoms with van der Waals surface area (Å²) in [5.41, 5.74) is 0. The molecule has 0 fully saturated rings. The van der Waals surface area contributed by atoms with Crippen molar-refractivity contribution in [2.45, 2.75) is 55.9 Å². The number of aliphatic hydroxyl groups excluding tert-OH is 8. The Kier molecular flexibility index (Phi) is 53.4.